The Morgan fingerprint density at radius 2 is 1.17 bits per heavy atom. The second kappa shape index (κ2) is 5.36. The van der Waals surface area contributed by atoms with E-state index in [9.17, 15) is 0 Å². The number of nitrogens with zero attached hydrogens (tertiary/aromatic N) is 2. The van der Waals surface area contributed by atoms with Gasteiger partial charge in [-0.2, -0.15) is 0 Å². The van der Waals surface area contributed by atoms with E-state index in [1.165, 1.54) is 0 Å². The molecule has 1 N–H and O–H groups in total. The summed E-state index contributed by atoms with van der Waals surface area (Å²) in [4.78, 5) is 3.71. The maximum Gasteiger partial charge on any atom is 0.202 e. The number of guanidine groups is 1. The molecule has 0 aliphatic carbocycles. The Kier molecular flexibility index (Phi) is 3.63. The van der Waals surface area contributed by atoms with Crippen molar-refractivity contribution in [2.75, 3.05) is 19.0 Å². The molecule has 0 atom stereocenters. The summed E-state index contributed by atoms with van der Waals surface area (Å²) in [7, 11) is 3.75. The molecule has 0 aliphatic rings. The van der Waals surface area contributed by atoms with Crippen LogP contribution in [-0.2, 0) is 0 Å². The van der Waals surface area contributed by atoms with E-state index in [1.807, 2.05) is 79.7 Å². The third-order valence-electron chi connectivity index (χ3n) is 2.66. The molecule has 0 fully saturated rings. The van der Waals surface area contributed by atoms with Gasteiger partial charge in [0.05, 0.1) is 0 Å². The van der Waals surface area contributed by atoms with Gasteiger partial charge in [-0.1, -0.05) is 36.4 Å². The van der Waals surface area contributed by atoms with Gasteiger partial charge in [-0.3, -0.25) is 10.3 Å². The number of hydrogen-bond donors (Lipinski definition) is 1. The highest BCUT2D eigenvalue weighted by Gasteiger charge is 2.15. The van der Waals surface area contributed by atoms with Gasteiger partial charge in [0.25, 0.3) is 0 Å². The van der Waals surface area contributed by atoms with E-state index < -0.39 is 0 Å². The van der Waals surface area contributed by atoms with E-state index in [0.717, 1.165) is 11.4 Å². The molecule has 0 unspecified atom stereocenters. The van der Waals surface area contributed by atoms with Gasteiger partial charge < -0.3 is 4.90 Å². The van der Waals surface area contributed by atoms with Crippen LogP contribution in [-0.4, -0.2) is 25.0 Å². The first-order valence-corrected chi connectivity index (χ1v) is 5.86. The molecule has 0 amide bonds. The summed E-state index contributed by atoms with van der Waals surface area (Å²) >= 11 is 0. The van der Waals surface area contributed by atoms with Crippen molar-refractivity contribution in [1.29, 1.82) is 5.41 Å². The lowest BCUT2D eigenvalue weighted by Gasteiger charge is -2.29. The Labute approximate surface area is 108 Å². The van der Waals surface area contributed by atoms with Gasteiger partial charge in [0.15, 0.2) is 0 Å². The molecule has 2 rings (SSSR count). The van der Waals surface area contributed by atoms with Crippen LogP contribution in [0.5, 0.6) is 0 Å². The molecule has 2 aromatic rings. The summed E-state index contributed by atoms with van der Waals surface area (Å²) in [5.74, 6) is 0.437. The zero-order valence-electron chi connectivity index (χ0n) is 10.7. The van der Waals surface area contributed by atoms with Crippen molar-refractivity contribution in [2.24, 2.45) is 0 Å². The lowest BCUT2D eigenvalue weighted by atomic mass is 10.2. The van der Waals surface area contributed by atoms with Crippen molar-refractivity contribution in [2.45, 2.75) is 0 Å². The van der Waals surface area contributed by atoms with E-state index in [4.69, 9.17) is 5.41 Å². The normalized spacial score (nSPS) is 9.89. The highest BCUT2D eigenvalue weighted by molar-refractivity contribution is 6.00. The summed E-state index contributed by atoms with van der Waals surface area (Å²) in [6.45, 7) is 0. The molecule has 92 valence electrons. The first kappa shape index (κ1) is 12.2. The fourth-order valence-corrected chi connectivity index (χ4v) is 1.75. The predicted octanol–water partition coefficient (Wildman–Crippen LogP) is 3.32. The zero-order valence-corrected chi connectivity index (χ0v) is 10.7. The molecule has 0 heterocycles. The molecule has 0 aromatic heterocycles. The Balaban J connectivity index is 2.45. The third kappa shape index (κ3) is 2.51. The monoisotopic (exact) mass is 239 g/mol. The molecule has 3 nitrogen and oxygen atoms in total. The van der Waals surface area contributed by atoms with E-state index in [1.54, 1.807) is 4.90 Å². The van der Waals surface area contributed by atoms with Crippen molar-refractivity contribution in [3.8, 4) is 0 Å². The first-order chi connectivity index (χ1) is 8.70. The van der Waals surface area contributed by atoms with Gasteiger partial charge in [0.1, 0.15) is 0 Å². The van der Waals surface area contributed by atoms with Crippen LogP contribution >= 0.6 is 0 Å². The van der Waals surface area contributed by atoms with Crippen LogP contribution in [0.25, 0.3) is 0 Å². The summed E-state index contributed by atoms with van der Waals surface area (Å²) < 4.78 is 0. The SMILES string of the molecule is CN(C)C(=N)N(c1ccccc1)c1ccccc1. The van der Waals surface area contributed by atoms with Gasteiger partial charge in [-0.25, -0.2) is 0 Å². The Bertz CT molecular complexity index is 466. The van der Waals surface area contributed by atoms with Crippen LogP contribution < -0.4 is 4.90 Å². The Hall–Kier alpha value is -2.29. The summed E-state index contributed by atoms with van der Waals surface area (Å²) in [5, 5.41) is 8.23. The van der Waals surface area contributed by atoms with Gasteiger partial charge in [-0.15, -0.1) is 0 Å². The molecular formula is C15H17N3. The van der Waals surface area contributed by atoms with Crippen molar-refractivity contribution >= 4 is 17.3 Å². The minimum absolute atomic E-state index is 0.437. The molecule has 18 heavy (non-hydrogen) atoms. The zero-order chi connectivity index (χ0) is 13.0. The molecule has 0 saturated carbocycles. The van der Waals surface area contributed by atoms with Gasteiger partial charge in [0.2, 0.25) is 5.96 Å². The van der Waals surface area contributed by atoms with Crippen LogP contribution in [0.4, 0.5) is 11.4 Å². The summed E-state index contributed by atoms with van der Waals surface area (Å²) in [6.07, 6.45) is 0. The van der Waals surface area contributed by atoms with Crippen molar-refractivity contribution in [3.63, 3.8) is 0 Å². The van der Waals surface area contributed by atoms with Crippen molar-refractivity contribution in [3.05, 3.63) is 60.7 Å². The molecule has 0 spiro atoms. The number of rotatable bonds is 2. The van der Waals surface area contributed by atoms with E-state index in [2.05, 4.69) is 0 Å². The predicted molar refractivity (Wildman–Crippen MR) is 76.4 cm³/mol. The molecule has 0 saturated heterocycles. The van der Waals surface area contributed by atoms with Gasteiger partial charge >= 0.3 is 0 Å². The number of para-hydroxylation sites is 2. The maximum atomic E-state index is 8.23. The quantitative estimate of drug-likeness (QED) is 0.643. The summed E-state index contributed by atoms with van der Waals surface area (Å²) in [5.41, 5.74) is 1.98. The fraction of sp³-hybridized carbons (Fsp3) is 0.133. The number of nitrogens with one attached hydrogen (secondary N) is 1. The lowest BCUT2D eigenvalue weighted by Crippen LogP contribution is -2.36. The molecular weight excluding hydrogens is 222 g/mol. The highest BCUT2D eigenvalue weighted by atomic mass is 15.3. The minimum atomic E-state index is 0.437. The molecule has 0 bridgehead atoms. The third-order valence-corrected chi connectivity index (χ3v) is 2.66. The Morgan fingerprint density at radius 1 is 0.778 bits per heavy atom. The second-order valence-electron chi connectivity index (χ2n) is 4.22. The number of hydrogen-bond acceptors (Lipinski definition) is 1. The largest absolute Gasteiger partial charge is 0.349 e. The van der Waals surface area contributed by atoms with Crippen LogP contribution in [0.3, 0.4) is 0 Å². The smallest absolute Gasteiger partial charge is 0.202 e. The van der Waals surface area contributed by atoms with Gasteiger partial charge in [0, 0.05) is 25.5 Å². The molecule has 2 aromatic carbocycles. The van der Waals surface area contributed by atoms with Crippen LogP contribution in [0.2, 0.25) is 0 Å². The topological polar surface area (TPSA) is 30.3 Å². The number of benzene rings is 2. The lowest BCUT2D eigenvalue weighted by molar-refractivity contribution is 0.606. The standard InChI is InChI=1S/C15H17N3/c1-17(2)15(16)18(13-9-5-3-6-10-13)14-11-7-4-8-12-14/h3-12,16H,1-2H3. The molecule has 0 radical (unpaired) electrons. The molecule has 3 heteroatoms. The van der Waals surface area contributed by atoms with Crippen LogP contribution in [0.1, 0.15) is 0 Å². The fourth-order valence-electron chi connectivity index (χ4n) is 1.75. The van der Waals surface area contributed by atoms with E-state index >= 15 is 0 Å². The second-order valence-corrected chi connectivity index (χ2v) is 4.22. The van der Waals surface area contributed by atoms with Gasteiger partial charge in [-0.05, 0) is 24.3 Å². The van der Waals surface area contributed by atoms with Crippen LogP contribution in [0.15, 0.2) is 60.7 Å². The van der Waals surface area contributed by atoms with E-state index in [-0.39, 0.29) is 0 Å². The van der Waals surface area contributed by atoms with E-state index in [0.29, 0.717) is 5.96 Å². The summed E-state index contributed by atoms with van der Waals surface area (Å²) in [6, 6.07) is 19.9. The maximum absolute atomic E-state index is 8.23. The molecule has 0 aliphatic heterocycles. The Morgan fingerprint density at radius 3 is 1.50 bits per heavy atom. The van der Waals surface area contributed by atoms with Crippen molar-refractivity contribution < 1.29 is 0 Å². The van der Waals surface area contributed by atoms with Crippen molar-refractivity contribution in [1.82, 2.24) is 4.90 Å². The van der Waals surface area contributed by atoms with Crippen LogP contribution in [0, 0.1) is 5.41 Å². The average Bonchev–Trinajstić information content (AvgIpc) is 2.41. The average molecular weight is 239 g/mol. The first-order valence-electron chi connectivity index (χ1n) is 5.86. The highest BCUT2D eigenvalue weighted by Crippen LogP contribution is 2.25. The number of anilines is 2. The minimum Gasteiger partial charge on any atom is -0.349 e.